The Labute approximate surface area is 105 Å². The number of hydrogen-bond donors (Lipinski definition) is 0. The second kappa shape index (κ2) is 6.55. The van der Waals surface area contributed by atoms with Crippen LogP contribution in [0.25, 0.3) is 0 Å². The normalized spacial score (nSPS) is 24.0. The van der Waals surface area contributed by atoms with Gasteiger partial charge in [0.25, 0.3) is 0 Å². The molecule has 2 atom stereocenters. The van der Waals surface area contributed by atoms with Crippen molar-refractivity contribution in [2.75, 3.05) is 13.6 Å². The number of ketones is 1. The van der Waals surface area contributed by atoms with E-state index >= 15 is 0 Å². The molecule has 2 unspecified atom stereocenters. The highest BCUT2D eigenvalue weighted by Gasteiger charge is 2.35. The minimum Gasteiger partial charge on any atom is -0.298 e. The van der Waals surface area contributed by atoms with Gasteiger partial charge >= 0.3 is 0 Å². The SMILES string of the molecule is CC.CC(=O)C1C(c2ccccc2)CCN1C. The van der Waals surface area contributed by atoms with Gasteiger partial charge < -0.3 is 0 Å². The number of likely N-dealkylation sites (tertiary alicyclic amines) is 1. The molecule has 94 valence electrons. The summed E-state index contributed by atoms with van der Waals surface area (Å²) in [7, 11) is 2.04. The van der Waals surface area contributed by atoms with Crippen LogP contribution in [0.4, 0.5) is 0 Å². The molecule has 1 saturated heterocycles. The van der Waals surface area contributed by atoms with Crippen molar-refractivity contribution < 1.29 is 4.79 Å². The van der Waals surface area contributed by atoms with Crippen molar-refractivity contribution in [3.8, 4) is 0 Å². The summed E-state index contributed by atoms with van der Waals surface area (Å²) in [6, 6.07) is 10.4. The van der Waals surface area contributed by atoms with Gasteiger partial charge in [0.2, 0.25) is 0 Å². The Hall–Kier alpha value is -1.15. The van der Waals surface area contributed by atoms with Crippen LogP contribution in [0, 0.1) is 0 Å². The van der Waals surface area contributed by atoms with E-state index in [1.807, 2.05) is 39.1 Å². The molecule has 0 aliphatic carbocycles. The molecule has 1 aromatic rings. The molecule has 0 saturated carbocycles. The van der Waals surface area contributed by atoms with Crippen LogP contribution in [0.5, 0.6) is 0 Å². The predicted molar refractivity (Wildman–Crippen MR) is 72.2 cm³/mol. The van der Waals surface area contributed by atoms with Crippen molar-refractivity contribution in [2.24, 2.45) is 0 Å². The van der Waals surface area contributed by atoms with E-state index in [4.69, 9.17) is 0 Å². The molecule has 2 rings (SSSR count). The molecule has 0 aromatic heterocycles. The number of nitrogens with zero attached hydrogens (tertiary/aromatic N) is 1. The fraction of sp³-hybridized carbons (Fsp3) is 0.533. The van der Waals surface area contributed by atoms with E-state index in [2.05, 4.69) is 17.0 Å². The first-order chi connectivity index (χ1) is 8.20. The standard InChI is InChI=1S/C13H17NO.C2H6/c1-10(15)13-12(8-9-14(13)2)11-6-4-3-5-7-11;1-2/h3-7,12-13H,8-9H2,1-2H3;1-2H3. The molecule has 1 fully saturated rings. The number of likely N-dealkylation sites (N-methyl/N-ethyl adjacent to an activating group) is 1. The minimum absolute atomic E-state index is 0.0763. The second-order valence-electron chi connectivity index (χ2n) is 4.34. The number of Topliss-reactive ketones (excluding diaryl/α,β-unsaturated/α-hetero) is 1. The van der Waals surface area contributed by atoms with Crippen LogP contribution in [0.1, 0.15) is 38.7 Å². The van der Waals surface area contributed by atoms with Gasteiger partial charge in [-0.1, -0.05) is 44.2 Å². The van der Waals surface area contributed by atoms with Crippen LogP contribution < -0.4 is 0 Å². The lowest BCUT2D eigenvalue weighted by Crippen LogP contribution is -2.34. The highest BCUT2D eigenvalue weighted by molar-refractivity contribution is 5.83. The number of benzene rings is 1. The fourth-order valence-electron chi connectivity index (χ4n) is 2.59. The van der Waals surface area contributed by atoms with Crippen molar-refractivity contribution in [1.29, 1.82) is 0 Å². The van der Waals surface area contributed by atoms with Crippen LogP contribution in [0.3, 0.4) is 0 Å². The monoisotopic (exact) mass is 233 g/mol. The summed E-state index contributed by atoms with van der Waals surface area (Å²) in [5.74, 6) is 0.664. The van der Waals surface area contributed by atoms with E-state index < -0.39 is 0 Å². The fourth-order valence-corrected chi connectivity index (χ4v) is 2.59. The third kappa shape index (κ3) is 3.16. The van der Waals surface area contributed by atoms with Gasteiger partial charge in [-0.2, -0.15) is 0 Å². The van der Waals surface area contributed by atoms with E-state index in [0.717, 1.165) is 13.0 Å². The molecular weight excluding hydrogens is 210 g/mol. The zero-order valence-electron chi connectivity index (χ0n) is 11.3. The number of carbonyl (C=O) groups excluding carboxylic acids is 1. The first-order valence-electron chi connectivity index (χ1n) is 6.46. The Morgan fingerprint density at radius 1 is 1.24 bits per heavy atom. The lowest BCUT2D eigenvalue weighted by molar-refractivity contribution is -0.121. The topological polar surface area (TPSA) is 20.3 Å². The first kappa shape index (κ1) is 13.9. The second-order valence-corrected chi connectivity index (χ2v) is 4.34. The van der Waals surface area contributed by atoms with E-state index in [-0.39, 0.29) is 11.8 Å². The van der Waals surface area contributed by atoms with Crippen molar-refractivity contribution in [3.63, 3.8) is 0 Å². The molecule has 0 bridgehead atoms. The van der Waals surface area contributed by atoms with Crippen LogP contribution >= 0.6 is 0 Å². The quantitative estimate of drug-likeness (QED) is 0.782. The highest BCUT2D eigenvalue weighted by Crippen LogP contribution is 2.32. The Balaban J connectivity index is 0.000000686. The molecule has 2 heteroatoms. The first-order valence-corrected chi connectivity index (χ1v) is 6.46. The summed E-state index contributed by atoms with van der Waals surface area (Å²) < 4.78 is 0. The maximum Gasteiger partial charge on any atom is 0.147 e. The van der Waals surface area contributed by atoms with Crippen molar-refractivity contribution in [1.82, 2.24) is 4.90 Å². The number of hydrogen-bond acceptors (Lipinski definition) is 2. The zero-order valence-corrected chi connectivity index (χ0v) is 11.3. The van der Waals surface area contributed by atoms with Crippen LogP contribution in [0.2, 0.25) is 0 Å². The number of rotatable bonds is 2. The van der Waals surface area contributed by atoms with Crippen molar-refractivity contribution in [2.45, 2.75) is 39.2 Å². The predicted octanol–water partition coefficient (Wildman–Crippen LogP) is 3.09. The van der Waals surface area contributed by atoms with Crippen LogP contribution in [0.15, 0.2) is 30.3 Å². The minimum atomic E-state index is 0.0763. The summed E-state index contributed by atoms with van der Waals surface area (Å²) >= 11 is 0. The number of carbonyl (C=O) groups is 1. The maximum atomic E-state index is 11.6. The molecule has 1 aliphatic heterocycles. The van der Waals surface area contributed by atoms with Gasteiger partial charge in [-0.3, -0.25) is 9.69 Å². The molecule has 0 radical (unpaired) electrons. The van der Waals surface area contributed by atoms with Crippen molar-refractivity contribution in [3.05, 3.63) is 35.9 Å². The lowest BCUT2D eigenvalue weighted by Gasteiger charge is -2.22. The van der Waals surface area contributed by atoms with E-state index in [1.165, 1.54) is 5.56 Å². The van der Waals surface area contributed by atoms with Gasteiger partial charge in [0.1, 0.15) is 5.78 Å². The van der Waals surface area contributed by atoms with Gasteiger partial charge in [-0.05, 0) is 32.5 Å². The van der Waals surface area contributed by atoms with Gasteiger partial charge in [0.15, 0.2) is 0 Å². The molecule has 17 heavy (non-hydrogen) atoms. The highest BCUT2D eigenvalue weighted by atomic mass is 16.1. The molecule has 0 N–H and O–H groups in total. The third-order valence-corrected chi connectivity index (χ3v) is 3.29. The average molecular weight is 233 g/mol. The Morgan fingerprint density at radius 2 is 1.82 bits per heavy atom. The Bertz CT molecular complexity index is 347. The molecular formula is C15H23NO. The Kier molecular flexibility index (Phi) is 5.36. The largest absolute Gasteiger partial charge is 0.298 e. The molecule has 0 amide bonds. The zero-order chi connectivity index (χ0) is 12.8. The van der Waals surface area contributed by atoms with Crippen molar-refractivity contribution >= 4 is 5.78 Å². The van der Waals surface area contributed by atoms with Crippen LogP contribution in [-0.2, 0) is 4.79 Å². The van der Waals surface area contributed by atoms with E-state index in [0.29, 0.717) is 5.92 Å². The summed E-state index contributed by atoms with van der Waals surface area (Å²) in [4.78, 5) is 13.8. The molecule has 1 heterocycles. The third-order valence-electron chi connectivity index (χ3n) is 3.29. The van der Waals surface area contributed by atoms with Gasteiger partial charge in [-0.25, -0.2) is 0 Å². The van der Waals surface area contributed by atoms with Gasteiger partial charge in [0.05, 0.1) is 6.04 Å². The van der Waals surface area contributed by atoms with Gasteiger partial charge in [0, 0.05) is 5.92 Å². The molecule has 2 nitrogen and oxygen atoms in total. The lowest BCUT2D eigenvalue weighted by atomic mass is 9.90. The molecule has 1 aliphatic rings. The van der Waals surface area contributed by atoms with Crippen LogP contribution in [-0.4, -0.2) is 30.3 Å². The maximum absolute atomic E-state index is 11.6. The van der Waals surface area contributed by atoms with Gasteiger partial charge in [-0.15, -0.1) is 0 Å². The average Bonchev–Trinajstić information content (AvgIpc) is 2.75. The summed E-state index contributed by atoms with van der Waals surface area (Å²) in [6.07, 6.45) is 1.09. The summed E-state index contributed by atoms with van der Waals surface area (Å²) in [5, 5.41) is 0. The molecule has 0 spiro atoms. The van der Waals surface area contributed by atoms with E-state index in [1.54, 1.807) is 6.92 Å². The summed E-state index contributed by atoms with van der Waals surface area (Å²) in [6.45, 7) is 6.71. The Morgan fingerprint density at radius 3 is 2.35 bits per heavy atom. The smallest absolute Gasteiger partial charge is 0.147 e. The molecule has 1 aromatic carbocycles. The summed E-state index contributed by atoms with van der Waals surface area (Å²) in [5.41, 5.74) is 1.29. The van der Waals surface area contributed by atoms with E-state index in [9.17, 15) is 4.79 Å².